The van der Waals surface area contributed by atoms with E-state index in [1.807, 2.05) is 0 Å². The van der Waals surface area contributed by atoms with E-state index in [2.05, 4.69) is 25.4 Å². The molecule has 1 aromatic carbocycles. The zero-order valence-electron chi connectivity index (χ0n) is 13.2. The van der Waals surface area contributed by atoms with E-state index in [1.54, 1.807) is 31.4 Å². The molecule has 2 N–H and O–H groups in total. The number of rotatable bonds is 5. The highest BCUT2D eigenvalue weighted by atomic mass is 16.5. The first-order chi connectivity index (χ1) is 11.3. The molecule has 2 heterocycles. The predicted molar refractivity (Wildman–Crippen MR) is 85.6 cm³/mol. The van der Waals surface area contributed by atoms with Gasteiger partial charge in [-0.2, -0.15) is 0 Å². The molecule has 0 aliphatic carbocycles. The Balaban J connectivity index is 1.54. The fourth-order valence-electron chi connectivity index (χ4n) is 2.65. The summed E-state index contributed by atoms with van der Waals surface area (Å²) in [6, 6.07) is 7.06. The van der Waals surface area contributed by atoms with Gasteiger partial charge in [0.15, 0.2) is 0 Å². The minimum Gasteiger partial charge on any atom is -0.497 e. The van der Waals surface area contributed by atoms with Crippen LogP contribution in [-0.4, -0.2) is 47.4 Å². The lowest BCUT2D eigenvalue weighted by Crippen LogP contribution is -2.26. The molecule has 122 valence electrons. The monoisotopic (exact) mass is 315 g/mol. The van der Waals surface area contributed by atoms with Crippen LogP contribution >= 0.6 is 0 Å². The Kier molecular flexibility index (Phi) is 4.87. The predicted octanol–water partition coefficient (Wildman–Crippen LogP) is 0.405. The number of hydrogen-bond acceptors (Lipinski definition) is 5. The molecule has 7 heteroatoms. The van der Waals surface area contributed by atoms with Crippen LogP contribution in [0.3, 0.4) is 0 Å². The number of aromatic nitrogens is 3. The van der Waals surface area contributed by atoms with Gasteiger partial charge in [0.25, 0.3) is 5.91 Å². The summed E-state index contributed by atoms with van der Waals surface area (Å²) in [6.45, 7) is 3.28. The molecule has 0 bridgehead atoms. The normalized spacial score (nSPS) is 14.0. The van der Waals surface area contributed by atoms with E-state index in [0.717, 1.165) is 43.5 Å². The number of nitrogens with zero attached hydrogens (tertiary/aromatic N) is 3. The molecule has 1 aliphatic heterocycles. The molecule has 23 heavy (non-hydrogen) atoms. The van der Waals surface area contributed by atoms with Gasteiger partial charge in [0.2, 0.25) is 0 Å². The quantitative estimate of drug-likeness (QED) is 0.835. The summed E-state index contributed by atoms with van der Waals surface area (Å²) in [7, 11) is 1.60. The average molecular weight is 315 g/mol. The topological polar surface area (TPSA) is 81.1 Å². The smallest absolute Gasteiger partial charge is 0.251 e. The second-order valence-electron chi connectivity index (χ2n) is 5.42. The van der Waals surface area contributed by atoms with Crippen LogP contribution in [0.1, 0.15) is 22.0 Å². The molecule has 0 saturated carbocycles. The molecule has 0 unspecified atom stereocenters. The first-order valence-corrected chi connectivity index (χ1v) is 7.82. The Morgan fingerprint density at radius 3 is 2.91 bits per heavy atom. The van der Waals surface area contributed by atoms with Crippen molar-refractivity contribution in [1.82, 2.24) is 25.4 Å². The maximum Gasteiger partial charge on any atom is 0.251 e. The Hall–Kier alpha value is -2.41. The summed E-state index contributed by atoms with van der Waals surface area (Å²) >= 11 is 0. The van der Waals surface area contributed by atoms with Gasteiger partial charge >= 0.3 is 0 Å². The number of ether oxygens (including phenoxy) is 1. The van der Waals surface area contributed by atoms with Gasteiger partial charge in [0, 0.05) is 44.6 Å². The standard InChI is InChI=1S/C16H21N5O2/c1-23-13-4-2-12(3-5-13)16(22)18-9-7-15-20-19-14-6-8-17-10-11-21(14)15/h2-5,17H,6-11H2,1H3,(H,18,22). The molecule has 0 atom stereocenters. The second-order valence-corrected chi connectivity index (χ2v) is 5.42. The van der Waals surface area contributed by atoms with Gasteiger partial charge in [0.05, 0.1) is 7.11 Å². The Bertz CT molecular complexity index is 666. The van der Waals surface area contributed by atoms with Crippen molar-refractivity contribution in [1.29, 1.82) is 0 Å². The summed E-state index contributed by atoms with van der Waals surface area (Å²) in [6.07, 6.45) is 1.57. The van der Waals surface area contributed by atoms with Gasteiger partial charge in [-0.1, -0.05) is 0 Å². The van der Waals surface area contributed by atoms with Gasteiger partial charge < -0.3 is 19.9 Å². The highest BCUT2D eigenvalue weighted by Gasteiger charge is 2.14. The Morgan fingerprint density at radius 2 is 2.13 bits per heavy atom. The maximum absolute atomic E-state index is 12.1. The molecule has 1 aromatic heterocycles. The molecule has 1 amide bonds. The number of nitrogens with one attached hydrogen (secondary N) is 2. The number of amides is 1. The number of methoxy groups -OCH3 is 1. The number of carbonyl (C=O) groups excluding carboxylic acids is 1. The summed E-state index contributed by atoms with van der Waals surface area (Å²) in [5.41, 5.74) is 0.620. The zero-order valence-corrected chi connectivity index (χ0v) is 13.2. The van der Waals surface area contributed by atoms with E-state index in [9.17, 15) is 4.79 Å². The second kappa shape index (κ2) is 7.23. The lowest BCUT2D eigenvalue weighted by Gasteiger charge is -2.08. The van der Waals surface area contributed by atoms with Gasteiger partial charge in [-0.25, -0.2) is 0 Å². The molecular weight excluding hydrogens is 294 g/mol. The van der Waals surface area contributed by atoms with E-state index < -0.39 is 0 Å². The van der Waals surface area contributed by atoms with Crippen LogP contribution in [-0.2, 0) is 19.4 Å². The van der Waals surface area contributed by atoms with Crippen LogP contribution < -0.4 is 15.4 Å². The average Bonchev–Trinajstić information content (AvgIpc) is 2.82. The largest absolute Gasteiger partial charge is 0.497 e. The van der Waals surface area contributed by atoms with Crippen molar-refractivity contribution in [3.63, 3.8) is 0 Å². The SMILES string of the molecule is COc1ccc(C(=O)NCCc2nnc3n2CCNCC3)cc1. The van der Waals surface area contributed by atoms with E-state index in [4.69, 9.17) is 4.74 Å². The van der Waals surface area contributed by atoms with Crippen LogP contribution in [0.5, 0.6) is 5.75 Å². The van der Waals surface area contributed by atoms with Crippen molar-refractivity contribution in [2.45, 2.75) is 19.4 Å². The molecular formula is C16H21N5O2. The van der Waals surface area contributed by atoms with E-state index in [1.165, 1.54) is 0 Å². The van der Waals surface area contributed by atoms with Crippen LogP contribution in [0.2, 0.25) is 0 Å². The van der Waals surface area contributed by atoms with Crippen molar-refractivity contribution in [3.8, 4) is 5.75 Å². The van der Waals surface area contributed by atoms with Gasteiger partial charge in [0.1, 0.15) is 17.4 Å². The van der Waals surface area contributed by atoms with Crippen molar-refractivity contribution >= 4 is 5.91 Å². The lowest BCUT2D eigenvalue weighted by atomic mass is 10.2. The van der Waals surface area contributed by atoms with E-state index in [0.29, 0.717) is 18.5 Å². The first kappa shape index (κ1) is 15.5. The Morgan fingerprint density at radius 1 is 1.30 bits per heavy atom. The van der Waals surface area contributed by atoms with Crippen molar-refractivity contribution in [2.75, 3.05) is 26.7 Å². The van der Waals surface area contributed by atoms with Crippen LogP contribution in [0, 0.1) is 0 Å². The molecule has 3 rings (SSSR count). The van der Waals surface area contributed by atoms with Crippen LogP contribution in [0.15, 0.2) is 24.3 Å². The Labute approximate surface area is 135 Å². The molecule has 2 aromatic rings. The summed E-state index contributed by atoms with van der Waals surface area (Å²) < 4.78 is 7.24. The third-order valence-corrected chi connectivity index (χ3v) is 3.93. The van der Waals surface area contributed by atoms with Crippen LogP contribution in [0.25, 0.3) is 0 Å². The molecule has 0 fully saturated rings. The highest BCUT2D eigenvalue weighted by Crippen LogP contribution is 2.11. The molecule has 7 nitrogen and oxygen atoms in total. The van der Waals surface area contributed by atoms with Crippen molar-refractivity contribution in [2.24, 2.45) is 0 Å². The van der Waals surface area contributed by atoms with E-state index >= 15 is 0 Å². The molecule has 0 saturated heterocycles. The maximum atomic E-state index is 12.1. The van der Waals surface area contributed by atoms with Crippen molar-refractivity contribution in [3.05, 3.63) is 41.5 Å². The number of fused-ring (bicyclic) bond motifs is 1. The van der Waals surface area contributed by atoms with E-state index in [-0.39, 0.29) is 5.91 Å². The third-order valence-electron chi connectivity index (χ3n) is 3.93. The fraction of sp³-hybridized carbons (Fsp3) is 0.438. The van der Waals surface area contributed by atoms with Gasteiger partial charge in [-0.05, 0) is 24.3 Å². The van der Waals surface area contributed by atoms with Gasteiger partial charge in [-0.3, -0.25) is 4.79 Å². The van der Waals surface area contributed by atoms with Crippen molar-refractivity contribution < 1.29 is 9.53 Å². The zero-order chi connectivity index (χ0) is 16.1. The summed E-state index contributed by atoms with van der Waals surface area (Å²) in [4.78, 5) is 12.1. The van der Waals surface area contributed by atoms with Gasteiger partial charge in [-0.15, -0.1) is 10.2 Å². The molecule has 0 spiro atoms. The minimum atomic E-state index is -0.0927. The number of benzene rings is 1. The summed E-state index contributed by atoms with van der Waals surface area (Å²) in [5, 5.41) is 14.8. The summed E-state index contributed by atoms with van der Waals surface area (Å²) in [5.74, 6) is 2.59. The number of carbonyl (C=O) groups is 1. The fourth-order valence-corrected chi connectivity index (χ4v) is 2.65. The number of hydrogen-bond donors (Lipinski definition) is 2. The minimum absolute atomic E-state index is 0.0927. The third kappa shape index (κ3) is 3.68. The first-order valence-electron chi connectivity index (χ1n) is 7.82. The van der Waals surface area contributed by atoms with Crippen LogP contribution in [0.4, 0.5) is 0 Å². The highest BCUT2D eigenvalue weighted by molar-refractivity contribution is 5.94. The molecule has 1 aliphatic rings. The molecule has 0 radical (unpaired) electrons. The lowest BCUT2D eigenvalue weighted by molar-refractivity contribution is 0.0954.